The molecule has 1 atom stereocenters. The number of carbonyl (C=O) groups excluding carboxylic acids is 1. The normalized spacial score (nSPS) is 20.0. The molecule has 18 heavy (non-hydrogen) atoms. The summed E-state index contributed by atoms with van der Waals surface area (Å²) in [6.45, 7) is 3.17. The molecule has 4 nitrogen and oxygen atoms in total. The molecule has 1 saturated heterocycles. The molecule has 0 saturated carbocycles. The molecule has 0 spiro atoms. The maximum absolute atomic E-state index is 11.3. The van der Waals surface area contributed by atoms with Crippen molar-refractivity contribution in [2.45, 2.75) is 19.0 Å². The average Bonchev–Trinajstić information content (AvgIpc) is 2.86. The van der Waals surface area contributed by atoms with Crippen LogP contribution < -0.4 is 5.32 Å². The molecule has 2 rings (SSSR count). The van der Waals surface area contributed by atoms with Gasteiger partial charge in [-0.05, 0) is 31.2 Å². The third-order valence-electron chi connectivity index (χ3n) is 3.46. The van der Waals surface area contributed by atoms with Gasteiger partial charge in [0.1, 0.15) is 0 Å². The first-order valence-electron chi connectivity index (χ1n) is 6.30. The van der Waals surface area contributed by atoms with Gasteiger partial charge in [-0.3, -0.25) is 4.90 Å². The molecule has 1 unspecified atom stereocenters. The minimum Gasteiger partial charge on any atom is -0.465 e. The van der Waals surface area contributed by atoms with Crippen molar-refractivity contribution in [3.8, 4) is 0 Å². The molecule has 1 aromatic carbocycles. The van der Waals surface area contributed by atoms with Crippen LogP contribution in [-0.4, -0.2) is 44.2 Å². The van der Waals surface area contributed by atoms with E-state index in [0.717, 1.165) is 19.6 Å². The second kappa shape index (κ2) is 5.98. The zero-order valence-electron chi connectivity index (χ0n) is 11.0. The molecule has 1 aliphatic heterocycles. The van der Waals surface area contributed by atoms with Gasteiger partial charge in [0.05, 0.1) is 12.7 Å². The van der Waals surface area contributed by atoms with Gasteiger partial charge in [-0.15, -0.1) is 0 Å². The first-order chi connectivity index (χ1) is 8.72. The fourth-order valence-corrected chi connectivity index (χ4v) is 2.33. The van der Waals surface area contributed by atoms with E-state index in [9.17, 15) is 4.79 Å². The quantitative estimate of drug-likeness (QED) is 0.815. The Kier molecular flexibility index (Phi) is 4.33. The van der Waals surface area contributed by atoms with Crippen molar-refractivity contribution < 1.29 is 9.53 Å². The SMILES string of the molecule is CNC1CCN(Cc2ccc(C(=O)OC)cc2)C1. The highest BCUT2D eigenvalue weighted by Gasteiger charge is 2.20. The summed E-state index contributed by atoms with van der Waals surface area (Å²) in [5.41, 5.74) is 1.84. The van der Waals surface area contributed by atoms with Gasteiger partial charge in [0.25, 0.3) is 0 Å². The number of hydrogen-bond acceptors (Lipinski definition) is 4. The van der Waals surface area contributed by atoms with Gasteiger partial charge in [-0.1, -0.05) is 12.1 Å². The van der Waals surface area contributed by atoms with Crippen LogP contribution in [0.2, 0.25) is 0 Å². The lowest BCUT2D eigenvalue weighted by atomic mass is 10.1. The molecule has 1 N–H and O–H groups in total. The number of ether oxygens (including phenoxy) is 1. The van der Waals surface area contributed by atoms with Crippen molar-refractivity contribution in [2.75, 3.05) is 27.2 Å². The number of esters is 1. The van der Waals surface area contributed by atoms with Crippen molar-refractivity contribution in [3.05, 3.63) is 35.4 Å². The number of carbonyl (C=O) groups is 1. The first-order valence-corrected chi connectivity index (χ1v) is 6.30. The zero-order valence-corrected chi connectivity index (χ0v) is 11.0. The number of methoxy groups -OCH3 is 1. The molecule has 1 aromatic rings. The lowest BCUT2D eigenvalue weighted by molar-refractivity contribution is 0.0600. The molecule has 0 bridgehead atoms. The van der Waals surface area contributed by atoms with Crippen LogP contribution in [0.3, 0.4) is 0 Å². The summed E-state index contributed by atoms with van der Waals surface area (Å²) in [5, 5.41) is 3.31. The number of likely N-dealkylation sites (N-methyl/N-ethyl adjacent to an activating group) is 1. The van der Waals surface area contributed by atoms with Crippen LogP contribution in [0.5, 0.6) is 0 Å². The predicted molar refractivity (Wildman–Crippen MR) is 70.5 cm³/mol. The molecule has 1 heterocycles. The Balaban J connectivity index is 1.92. The molecule has 0 aromatic heterocycles. The summed E-state index contributed by atoms with van der Waals surface area (Å²) in [6.07, 6.45) is 1.21. The average molecular weight is 248 g/mol. The van der Waals surface area contributed by atoms with Crippen molar-refractivity contribution in [3.63, 3.8) is 0 Å². The van der Waals surface area contributed by atoms with Crippen molar-refractivity contribution in [1.29, 1.82) is 0 Å². The Labute approximate surface area is 108 Å². The van der Waals surface area contributed by atoms with Crippen LogP contribution in [0.4, 0.5) is 0 Å². The minimum absolute atomic E-state index is 0.280. The van der Waals surface area contributed by atoms with E-state index in [2.05, 4.69) is 15.0 Å². The van der Waals surface area contributed by atoms with Crippen molar-refractivity contribution >= 4 is 5.97 Å². The Morgan fingerprint density at radius 1 is 1.44 bits per heavy atom. The number of rotatable bonds is 4. The molecule has 1 aliphatic rings. The summed E-state index contributed by atoms with van der Waals surface area (Å²) < 4.78 is 4.68. The Bertz CT molecular complexity index is 403. The van der Waals surface area contributed by atoms with Gasteiger partial charge in [-0.2, -0.15) is 0 Å². The van der Waals surface area contributed by atoms with E-state index in [-0.39, 0.29) is 5.97 Å². The Morgan fingerprint density at radius 2 is 2.17 bits per heavy atom. The number of likely N-dealkylation sites (tertiary alicyclic amines) is 1. The summed E-state index contributed by atoms with van der Waals surface area (Å²) >= 11 is 0. The molecular weight excluding hydrogens is 228 g/mol. The molecule has 1 fully saturated rings. The minimum atomic E-state index is -0.280. The van der Waals surface area contributed by atoms with E-state index in [1.54, 1.807) is 0 Å². The second-order valence-corrected chi connectivity index (χ2v) is 4.70. The van der Waals surface area contributed by atoms with Gasteiger partial charge in [0.15, 0.2) is 0 Å². The Hall–Kier alpha value is -1.39. The van der Waals surface area contributed by atoms with E-state index >= 15 is 0 Å². The van der Waals surface area contributed by atoms with Gasteiger partial charge in [0, 0.05) is 25.7 Å². The van der Waals surface area contributed by atoms with Crippen molar-refractivity contribution in [2.24, 2.45) is 0 Å². The van der Waals surface area contributed by atoms with Crippen LogP contribution in [0, 0.1) is 0 Å². The smallest absolute Gasteiger partial charge is 0.337 e. The van der Waals surface area contributed by atoms with Crippen LogP contribution >= 0.6 is 0 Å². The summed E-state index contributed by atoms with van der Waals surface area (Å²) in [6, 6.07) is 8.26. The Morgan fingerprint density at radius 3 is 2.72 bits per heavy atom. The summed E-state index contributed by atoms with van der Waals surface area (Å²) in [5.74, 6) is -0.280. The van der Waals surface area contributed by atoms with Crippen LogP contribution in [0.15, 0.2) is 24.3 Å². The zero-order chi connectivity index (χ0) is 13.0. The first kappa shape index (κ1) is 13.1. The molecule has 0 aliphatic carbocycles. The molecule has 4 heteroatoms. The maximum Gasteiger partial charge on any atom is 0.337 e. The fourth-order valence-electron chi connectivity index (χ4n) is 2.33. The molecule has 0 amide bonds. The predicted octanol–water partition coefficient (Wildman–Crippen LogP) is 1.27. The van der Waals surface area contributed by atoms with Crippen LogP contribution in [0.1, 0.15) is 22.3 Å². The lowest BCUT2D eigenvalue weighted by Gasteiger charge is -2.16. The number of nitrogens with one attached hydrogen (secondary N) is 1. The summed E-state index contributed by atoms with van der Waals surface area (Å²) in [4.78, 5) is 13.7. The third-order valence-corrected chi connectivity index (χ3v) is 3.46. The fraction of sp³-hybridized carbons (Fsp3) is 0.500. The number of nitrogens with zero attached hydrogens (tertiary/aromatic N) is 1. The highest BCUT2D eigenvalue weighted by atomic mass is 16.5. The lowest BCUT2D eigenvalue weighted by Crippen LogP contribution is -2.29. The standard InChI is InChI=1S/C14H20N2O2/c1-15-13-7-8-16(10-13)9-11-3-5-12(6-4-11)14(17)18-2/h3-6,13,15H,7-10H2,1-2H3. The maximum atomic E-state index is 11.3. The number of benzene rings is 1. The second-order valence-electron chi connectivity index (χ2n) is 4.70. The van der Waals surface area contributed by atoms with E-state index in [0.29, 0.717) is 11.6 Å². The van der Waals surface area contributed by atoms with Gasteiger partial charge in [-0.25, -0.2) is 4.79 Å². The summed E-state index contributed by atoms with van der Waals surface area (Å²) in [7, 11) is 3.41. The van der Waals surface area contributed by atoms with E-state index in [1.807, 2.05) is 31.3 Å². The topological polar surface area (TPSA) is 41.6 Å². The molecule has 0 radical (unpaired) electrons. The highest BCUT2D eigenvalue weighted by Crippen LogP contribution is 2.14. The van der Waals surface area contributed by atoms with Gasteiger partial charge < -0.3 is 10.1 Å². The highest BCUT2D eigenvalue weighted by molar-refractivity contribution is 5.89. The van der Waals surface area contributed by atoms with Gasteiger partial charge >= 0.3 is 5.97 Å². The van der Waals surface area contributed by atoms with Gasteiger partial charge in [0.2, 0.25) is 0 Å². The van der Waals surface area contributed by atoms with Crippen LogP contribution in [-0.2, 0) is 11.3 Å². The molecule has 98 valence electrons. The molecular formula is C14H20N2O2. The van der Waals surface area contributed by atoms with E-state index < -0.39 is 0 Å². The largest absolute Gasteiger partial charge is 0.465 e. The van der Waals surface area contributed by atoms with E-state index in [4.69, 9.17) is 0 Å². The van der Waals surface area contributed by atoms with Crippen molar-refractivity contribution in [1.82, 2.24) is 10.2 Å². The third kappa shape index (κ3) is 3.09. The monoisotopic (exact) mass is 248 g/mol. The van der Waals surface area contributed by atoms with E-state index in [1.165, 1.54) is 19.1 Å². The number of hydrogen-bond donors (Lipinski definition) is 1. The van der Waals surface area contributed by atoms with Crippen LogP contribution in [0.25, 0.3) is 0 Å².